The molecule has 2 fully saturated rings. The molecule has 2 aromatic carbocycles. The van der Waals surface area contributed by atoms with Crippen LogP contribution < -0.4 is 15.1 Å². The summed E-state index contributed by atoms with van der Waals surface area (Å²) >= 11 is 5.62. The summed E-state index contributed by atoms with van der Waals surface area (Å²) in [6.07, 6.45) is 3.08. The average Bonchev–Trinajstić information content (AvgIpc) is 2.95. The van der Waals surface area contributed by atoms with Crippen LogP contribution in [-0.2, 0) is 19.1 Å². The van der Waals surface area contributed by atoms with E-state index in [9.17, 15) is 23.2 Å². The number of alkyl halides is 2. The minimum absolute atomic E-state index is 0.0256. The van der Waals surface area contributed by atoms with E-state index >= 15 is 0 Å². The highest BCUT2D eigenvalue weighted by molar-refractivity contribution is 14.2. The molecular weight excluding hydrogens is 671 g/mol. The second kappa shape index (κ2) is 12.2. The number of nitrogens with zero attached hydrogens (tertiary/aromatic N) is 4. The Kier molecular flexibility index (Phi) is 8.71. The van der Waals surface area contributed by atoms with Gasteiger partial charge in [0.1, 0.15) is 24.5 Å². The Morgan fingerprint density at radius 3 is 2.59 bits per heavy atom. The van der Waals surface area contributed by atoms with Gasteiger partial charge in [0, 0.05) is 47.6 Å². The number of carbonyl (C=O) groups excluding carboxylic acids is 3. The van der Waals surface area contributed by atoms with Gasteiger partial charge in [-0.25, -0.2) is 18.7 Å². The fraction of sp³-hybridized carbons (Fsp3) is 0.286. The van der Waals surface area contributed by atoms with Crippen molar-refractivity contribution >= 4 is 66.2 Å². The minimum atomic E-state index is -1.40. The monoisotopic (exact) mass is 695 g/mol. The molecule has 0 spiro atoms. The van der Waals surface area contributed by atoms with E-state index in [1.54, 1.807) is 30.3 Å². The van der Waals surface area contributed by atoms with Crippen molar-refractivity contribution in [2.24, 2.45) is 0 Å². The second-order valence-corrected chi connectivity index (χ2v) is 12.7. The van der Waals surface area contributed by atoms with Crippen molar-refractivity contribution < 1.29 is 27.9 Å². The number of anilines is 2. The van der Waals surface area contributed by atoms with Gasteiger partial charge in [0.2, 0.25) is 11.9 Å². The van der Waals surface area contributed by atoms with Crippen molar-refractivity contribution in [1.29, 1.82) is 0 Å². The molecule has 2 heterocycles. The van der Waals surface area contributed by atoms with Gasteiger partial charge in [-0.2, -0.15) is 0 Å². The average molecular weight is 696 g/mol. The molecule has 2 atom stereocenters. The lowest BCUT2D eigenvalue weighted by Gasteiger charge is -2.42. The smallest absolute Gasteiger partial charge is 0.256 e. The molecule has 0 radical (unpaired) electrons. The molecule has 5 rings (SSSR count). The van der Waals surface area contributed by atoms with Crippen molar-refractivity contribution in [1.82, 2.24) is 15.3 Å². The Balaban J connectivity index is 1.60. The zero-order valence-electron chi connectivity index (χ0n) is 21.6. The first-order chi connectivity index (χ1) is 19.7. The minimum Gasteiger partial charge on any atom is -0.369 e. The summed E-state index contributed by atoms with van der Waals surface area (Å²) in [6, 6.07) is 10.0. The van der Waals surface area contributed by atoms with Crippen LogP contribution in [0.25, 0.3) is 0 Å². The molecule has 1 aromatic heterocycles. The van der Waals surface area contributed by atoms with Crippen molar-refractivity contribution in [3.63, 3.8) is 0 Å². The van der Waals surface area contributed by atoms with Gasteiger partial charge in [0.05, 0.1) is 6.61 Å². The maximum absolute atomic E-state index is 14.6. The summed E-state index contributed by atoms with van der Waals surface area (Å²) in [4.78, 5) is 51.9. The highest BCUT2D eigenvalue weighted by atomic mass is 127. The van der Waals surface area contributed by atoms with Gasteiger partial charge in [-0.05, 0) is 30.3 Å². The van der Waals surface area contributed by atoms with Crippen LogP contribution in [0.1, 0.15) is 24.4 Å². The normalized spacial score (nSPS) is 22.9. The Morgan fingerprint density at radius 1 is 1.17 bits per heavy atom. The van der Waals surface area contributed by atoms with Gasteiger partial charge in [-0.3, -0.25) is 24.2 Å². The number of benzene rings is 2. The predicted molar refractivity (Wildman–Crippen MR) is 158 cm³/mol. The lowest BCUT2D eigenvalue weighted by atomic mass is 9.90. The Hall–Kier alpha value is -3.36. The number of halogens is 4. The van der Waals surface area contributed by atoms with Crippen LogP contribution in [0.4, 0.5) is 20.4 Å². The third-order valence-electron chi connectivity index (χ3n) is 6.84. The van der Waals surface area contributed by atoms with Crippen molar-refractivity contribution in [2.75, 3.05) is 23.0 Å². The zero-order chi connectivity index (χ0) is 29.1. The Bertz CT molecular complexity index is 1480. The van der Waals surface area contributed by atoms with Gasteiger partial charge in [0.15, 0.2) is 3.68 Å². The van der Waals surface area contributed by atoms with E-state index < -0.39 is 66.1 Å². The highest BCUT2D eigenvalue weighted by Gasteiger charge is 2.47. The molecule has 1 aliphatic carbocycles. The number of nitrogens with one attached hydrogen (secondary N) is 1. The topological polar surface area (TPSA) is 105 Å². The van der Waals surface area contributed by atoms with Crippen LogP contribution in [0.5, 0.6) is 0 Å². The summed E-state index contributed by atoms with van der Waals surface area (Å²) < 4.78 is 37.0. The highest BCUT2D eigenvalue weighted by Crippen LogP contribution is 2.45. The van der Waals surface area contributed by atoms with E-state index in [-0.39, 0.29) is 48.3 Å². The van der Waals surface area contributed by atoms with Gasteiger partial charge < -0.3 is 10.1 Å². The quantitative estimate of drug-likeness (QED) is 0.281. The van der Waals surface area contributed by atoms with Crippen molar-refractivity contribution in [3.8, 4) is 0 Å². The van der Waals surface area contributed by atoms with E-state index in [0.717, 1.165) is 15.9 Å². The molecule has 13 heteroatoms. The fourth-order valence-electron chi connectivity index (χ4n) is 4.86. The summed E-state index contributed by atoms with van der Waals surface area (Å²) in [5.74, 6) is -2.64. The molecule has 2 aliphatic rings. The largest absolute Gasteiger partial charge is 0.369 e. The first-order valence-corrected chi connectivity index (χ1v) is 15.6. The maximum atomic E-state index is 14.6. The molecule has 1 N–H and O–H groups in total. The number of ether oxygens (including phenoxy) is 1. The van der Waals surface area contributed by atoms with Gasteiger partial charge in [0.25, 0.3) is 11.8 Å². The lowest BCUT2D eigenvalue weighted by Crippen LogP contribution is -2.60. The first kappa shape index (κ1) is 29.1. The summed E-state index contributed by atoms with van der Waals surface area (Å²) in [5, 5.41) is 3.01. The predicted octanol–water partition coefficient (Wildman–Crippen LogP) is 4.12. The molecule has 3 aromatic rings. The second-order valence-electron chi connectivity index (χ2n) is 9.56. The molecule has 3 amide bonds. The molecule has 1 saturated carbocycles. The van der Waals surface area contributed by atoms with Crippen LogP contribution >= 0.6 is 32.3 Å². The van der Waals surface area contributed by atoms with E-state index in [1.807, 2.05) is 0 Å². The van der Waals surface area contributed by atoms with Crippen LogP contribution in [0.2, 0.25) is 5.02 Å². The van der Waals surface area contributed by atoms with Crippen LogP contribution in [-0.4, -0.2) is 61.2 Å². The number of hydrogen-bond acceptors (Lipinski definition) is 6. The Labute approximate surface area is 249 Å². The molecule has 41 heavy (non-hydrogen) atoms. The van der Waals surface area contributed by atoms with Crippen LogP contribution in [0, 0.1) is 5.82 Å². The molecule has 0 bridgehead atoms. The molecule has 9 nitrogen and oxygen atoms in total. The number of aromatic nitrogens is 2. The van der Waals surface area contributed by atoms with E-state index in [2.05, 4.69) is 19.8 Å². The lowest BCUT2D eigenvalue weighted by molar-refractivity contribution is -0.135. The van der Waals surface area contributed by atoms with Crippen molar-refractivity contribution in [3.05, 3.63) is 83.4 Å². The van der Waals surface area contributed by atoms with E-state index in [0.29, 0.717) is 0 Å². The number of amides is 3. The van der Waals surface area contributed by atoms with E-state index in [4.69, 9.17) is 16.3 Å². The molecule has 1 aliphatic heterocycles. The third kappa shape index (κ3) is 6.14. The van der Waals surface area contributed by atoms with Gasteiger partial charge in [-0.15, -0.1) is 0 Å². The van der Waals surface area contributed by atoms with Gasteiger partial charge >= 0.3 is 0 Å². The standard InChI is InChI=1S/C28H25ClF2IN5O4/c1-32-28(31)13-18(14-28)35-25(39)24(20-8-2-3-9-21(20)29)36(19-7-4-6-17(30)12-19)26(40)22-15-41-16-23(38)37(22)27-33-10-5-11-34-27/h2-12,18,22,24H,1,13-16H2,(H,35,39)/t18?,22-,24?,28?/m0/s1. The third-order valence-corrected chi connectivity index (χ3v) is 9.43. The summed E-state index contributed by atoms with van der Waals surface area (Å²) in [7, 11) is 0. The SMILES string of the molecule is C=IC1(F)CC(NC(=O)C(c2ccccc2Cl)N(C(=O)[C@@H]2COCC(=O)N2c2ncccn2)c2cccc(F)c2)C1. The number of morpholine rings is 1. The molecule has 1 saturated heterocycles. The fourth-order valence-corrected chi connectivity index (χ4v) is 6.79. The molecule has 214 valence electrons. The van der Waals surface area contributed by atoms with Gasteiger partial charge in [-0.1, -0.05) is 61.1 Å². The van der Waals surface area contributed by atoms with Crippen molar-refractivity contribution in [2.45, 2.75) is 34.6 Å². The zero-order valence-corrected chi connectivity index (χ0v) is 24.5. The van der Waals surface area contributed by atoms with Crippen LogP contribution in [0.3, 0.4) is 0 Å². The Morgan fingerprint density at radius 2 is 1.90 bits per heavy atom. The van der Waals surface area contributed by atoms with Crippen LogP contribution in [0.15, 0.2) is 67.0 Å². The summed E-state index contributed by atoms with van der Waals surface area (Å²) in [6.45, 7) is -0.538. The molecular formula is C28H25ClF2IN5O4. The molecule has 1 unspecified atom stereocenters. The maximum Gasteiger partial charge on any atom is 0.256 e. The van der Waals surface area contributed by atoms with E-state index in [1.165, 1.54) is 30.6 Å². The first-order valence-electron chi connectivity index (χ1n) is 12.6. The number of hydrogen-bond donors (Lipinski definition) is 1. The summed E-state index contributed by atoms with van der Waals surface area (Å²) in [5.41, 5.74) is 0.296. The number of rotatable bonds is 8. The number of carbonyl (C=O) groups is 3.